The van der Waals surface area contributed by atoms with Crippen molar-refractivity contribution in [3.05, 3.63) is 35.4 Å². The molecule has 0 aliphatic rings. The van der Waals surface area contributed by atoms with Crippen LogP contribution >= 0.6 is 15.9 Å². The van der Waals surface area contributed by atoms with Gasteiger partial charge in [0.05, 0.1) is 12.2 Å². The summed E-state index contributed by atoms with van der Waals surface area (Å²) in [6, 6.07) is 3.63. The zero-order chi connectivity index (χ0) is 14.6. The van der Waals surface area contributed by atoms with E-state index < -0.39 is 28.3 Å². The molecule has 0 heterocycles. The zero-order valence-corrected chi connectivity index (χ0v) is 11.4. The number of hydrogen-bond acceptors (Lipinski definition) is 3. The number of Topliss-reactive ketones (excluding diaryl/α,β-unsaturated/α-hetero) is 1. The van der Waals surface area contributed by atoms with E-state index in [9.17, 15) is 22.8 Å². The van der Waals surface area contributed by atoms with Crippen LogP contribution in [0.4, 0.5) is 13.2 Å². The quantitative estimate of drug-likeness (QED) is 0.366. The number of esters is 1. The van der Waals surface area contributed by atoms with Crippen LogP contribution in [0.5, 0.6) is 0 Å². The van der Waals surface area contributed by atoms with E-state index >= 15 is 0 Å². The first-order chi connectivity index (χ1) is 8.77. The fraction of sp³-hybridized carbons (Fsp3) is 0.333. The molecule has 0 saturated carbocycles. The van der Waals surface area contributed by atoms with Gasteiger partial charge in [-0.3, -0.25) is 9.59 Å². The van der Waals surface area contributed by atoms with Gasteiger partial charge in [0.1, 0.15) is 0 Å². The van der Waals surface area contributed by atoms with Gasteiger partial charge in [0.2, 0.25) is 0 Å². The number of rotatable bonds is 4. The summed E-state index contributed by atoms with van der Waals surface area (Å²) >= 11 is 2.86. The lowest BCUT2D eigenvalue weighted by molar-refractivity contribution is -0.141. The molecule has 0 fully saturated rings. The zero-order valence-electron chi connectivity index (χ0n) is 9.83. The Morgan fingerprint density at radius 3 is 2.21 bits per heavy atom. The summed E-state index contributed by atoms with van der Waals surface area (Å²) in [4.78, 5) is 21.9. The van der Waals surface area contributed by atoms with Crippen molar-refractivity contribution in [3.8, 4) is 0 Å². The lowest BCUT2D eigenvalue weighted by Gasteiger charge is -2.10. The van der Waals surface area contributed by atoms with E-state index in [0.717, 1.165) is 24.3 Å². The molecule has 0 spiro atoms. The highest BCUT2D eigenvalue weighted by Gasteiger charge is 2.31. The van der Waals surface area contributed by atoms with Crippen molar-refractivity contribution in [1.29, 1.82) is 0 Å². The maximum atomic E-state index is 12.3. The Morgan fingerprint density at radius 1 is 1.26 bits per heavy atom. The molecule has 1 aromatic carbocycles. The summed E-state index contributed by atoms with van der Waals surface area (Å²) in [5.74, 6) is -1.42. The molecule has 0 aliphatic carbocycles. The van der Waals surface area contributed by atoms with Crippen LogP contribution < -0.4 is 0 Å². The SMILES string of the molecule is CCOC(=O)C(Br)C(=O)c1ccc(C(F)(F)F)cc1. The van der Waals surface area contributed by atoms with Gasteiger partial charge in [-0.05, 0) is 19.1 Å². The molecule has 0 saturated heterocycles. The van der Waals surface area contributed by atoms with Crippen molar-refractivity contribution in [2.24, 2.45) is 0 Å². The number of benzene rings is 1. The van der Waals surface area contributed by atoms with Crippen molar-refractivity contribution in [2.75, 3.05) is 6.61 Å². The molecule has 19 heavy (non-hydrogen) atoms. The molecule has 0 bridgehead atoms. The fourth-order valence-electron chi connectivity index (χ4n) is 1.29. The number of ketones is 1. The van der Waals surface area contributed by atoms with Crippen molar-refractivity contribution < 1.29 is 27.5 Å². The molecule has 0 aromatic heterocycles. The molecule has 1 unspecified atom stereocenters. The molecule has 1 atom stereocenters. The number of halogens is 4. The second-order valence-electron chi connectivity index (χ2n) is 3.55. The van der Waals surface area contributed by atoms with Crippen LogP contribution in [0.15, 0.2) is 24.3 Å². The highest BCUT2D eigenvalue weighted by atomic mass is 79.9. The van der Waals surface area contributed by atoms with Crippen molar-refractivity contribution >= 4 is 27.7 Å². The fourth-order valence-corrected chi connectivity index (χ4v) is 1.69. The minimum atomic E-state index is -4.46. The second-order valence-corrected chi connectivity index (χ2v) is 4.47. The Hall–Kier alpha value is -1.37. The van der Waals surface area contributed by atoms with E-state index in [1.54, 1.807) is 6.92 Å². The Morgan fingerprint density at radius 2 is 1.79 bits per heavy atom. The van der Waals surface area contributed by atoms with Crippen molar-refractivity contribution in [1.82, 2.24) is 0 Å². The van der Waals surface area contributed by atoms with E-state index in [1.807, 2.05) is 0 Å². The van der Waals surface area contributed by atoms with Gasteiger partial charge >= 0.3 is 12.1 Å². The summed E-state index contributed by atoms with van der Waals surface area (Å²) in [6.07, 6.45) is -4.46. The molecular weight excluding hydrogens is 329 g/mol. The summed E-state index contributed by atoms with van der Waals surface area (Å²) in [7, 11) is 0. The number of ether oxygens (including phenoxy) is 1. The van der Waals surface area contributed by atoms with Gasteiger partial charge in [0.25, 0.3) is 0 Å². The van der Waals surface area contributed by atoms with Crippen LogP contribution in [-0.2, 0) is 15.7 Å². The predicted molar refractivity (Wildman–Crippen MR) is 65.1 cm³/mol. The van der Waals surface area contributed by atoms with Crippen LogP contribution in [0.1, 0.15) is 22.8 Å². The molecule has 104 valence electrons. The van der Waals surface area contributed by atoms with Crippen LogP contribution in [0.25, 0.3) is 0 Å². The van der Waals surface area contributed by atoms with E-state index in [4.69, 9.17) is 0 Å². The van der Waals surface area contributed by atoms with Gasteiger partial charge in [0, 0.05) is 5.56 Å². The largest absolute Gasteiger partial charge is 0.465 e. The molecule has 7 heteroatoms. The third-order valence-electron chi connectivity index (χ3n) is 2.22. The Labute approximate surface area is 115 Å². The first-order valence-electron chi connectivity index (χ1n) is 5.29. The van der Waals surface area contributed by atoms with E-state index in [-0.39, 0.29) is 12.2 Å². The predicted octanol–water partition coefficient (Wildman–Crippen LogP) is 3.21. The van der Waals surface area contributed by atoms with E-state index in [2.05, 4.69) is 20.7 Å². The Balaban J connectivity index is 2.87. The lowest BCUT2D eigenvalue weighted by Crippen LogP contribution is -2.26. The van der Waals surface area contributed by atoms with Crippen LogP contribution in [0, 0.1) is 0 Å². The average Bonchev–Trinajstić information content (AvgIpc) is 2.36. The van der Waals surface area contributed by atoms with E-state index in [1.165, 1.54) is 0 Å². The number of carbonyl (C=O) groups is 2. The van der Waals surface area contributed by atoms with Crippen LogP contribution in [0.2, 0.25) is 0 Å². The monoisotopic (exact) mass is 338 g/mol. The molecule has 0 amide bonds. The van der Waals surface area contributed by atoms with Crippen LogP contribution in [-0.4, -0.2) is 23.2 Å². The lowest BCUT2D eigenvalue weighted by atomic mass is 10.1. The van der Waals surface area contributed by atoms with Crippen molar-refractivity contribution in [3.63, 3.8) is 0 Å². The highest BCUT2D eigenvalue weighted by molar-refractivity contribution is 9.10. The first-order valence-corrected chi connectivity index (χ1v) is 6.21. The topological polar surface area (TPSA) is 43.4 Å². The smallest absolute Gasteiger partial charge is 0.416 e. The summed E-state index contributed by atoms with van der Waals surface area (Å²) in [6.45, 7) is 1.70. The van der Waals surface area contributed by atoms with Crippen LogP contribution in [0.3, 0.4) is 0 Å². The average molecular weight is 339 g/mol. The van der Waals surface area contributed by atoms with Gasteiger partial charge in [-0.2, -0.15) is 13.2 Å². The third-order valence-corrected chi connectivity index (χ3v) is 3.01. The van der Waals surface area contributed by atoms with Gasteiger partial charge in [-0.25, -0.2) is 0 Å². The van der Waals surface area contributed by atoms with Gasteiger partial charge in [-0.1, -0.05) is 28.1 Å². The molecule has 1 aromatic rings. The minimum Gasteiger partial charge on any atom is -0.465 e. The second kappa shape index (κ2) is 6.18. The van der Waals surface area contributed by atoms with Gasteiger partial charge < -0.3 is 4.74 Å². The first kappa shape index (κ1) is 15.7. The third kappa shape index (κ3) is 4.05. The maximum Gasteiger partial charge on any atom is 0.416 e. The minimum absolute atomic E-state index is 0.00271. The molecular formula is C12H10BrF3O3. The standard InChI is InChI=1S/C12H10BrF3O3/c1-2-19-11(18)9(13)10(17)7-3-5-8(6-4-7)12(14,15)16/h3-6,9H,2H2,1H3. The molecule has 1 rings (SSSR count). The van der Waals surface area contributed by atoms with Gasteiger partial charge in [-0.15, -0.1) is 0 Å². The number of carbonyl (C=O) groups excluding carboxylic acids is 2. The Bertz CT molecular complexity index is 468. The number of hydrogen-bond donors (Lipinski definition) is 0. The normalized spacial score (nSPS) is 12.9. The summed E-state index contributed by atoms with van der Waals surface area (Å²) in [5, 5.41) is 0. The highest BCUT2D eigenvalue weighted by Crippen LogP contribution is 2.29. The molecule has 0 radical (unpaired) electrons. The summed E-state index contributed by atoms with van der Waals surface area (Å²) < 4.78 is 41.7. The molecule has 0 aliphatic heterocycles. The molecule has 3 nitrogen and oxygen atoms in total. The summed E-state index contributed by atoms with van der Waals surface area (Å²) in [5.41, 5.74) is -0.853. The Kier molecular flexibility index (Phi) is 5.11. The number of alkyl halides is 4. The maximum absolute atomic E-state index is 12.3. The van der Waals surface area contributed by atoms with E-state index in [0.29, 0.717) is 0 Å². The van der Waals surface area contributed by atoms with Crippen molar-refractivity contribution in [2.45, 2.75) is 17.9 Å². The van der Waals surface area contributed by atoms with Gasteiger partial charge in [0.15, 0.2) is 10.6 Å². The molecule has 0 N–H and O–H groups in total.